The molecule has 4 N–H and O–H groups in total. The number of primary amides is 1. The van der Waals surface area contributed by atoms with Gasteiger partial charge in [0, 0.05) is 23.6 Å². The molecule has 0 saturated heterocycles. The summed E-state index contributed by atoms with van der Waals surface area (Å²) >= 11 is 0. The van der Waals surface area contributed by atoms with Crippen LogP contribution in [-0.2, 0) is 6.54 Å². The number of nitrogens with two attached hydrogens (primary N) is 2. The number of nitrogen functional groups attached to an aromatic ring is 1. The Bertz CT molecular complexity index is 505. The van der Waals surface area contributed by atoms with Gasteiger partial charge in [0.1, 0.15) is 0 Å². The van der Waals surface area contributed by atoms with Crippen molar-refractivity contribution in [3.05, 3.63) is 48.0 Å². The molecule has 5 nitrogen and oxygen atoms in total. The zero-order chi connectivity index (χ0) is 11.5. The monoisotopic (exact) mass is 216 g/mol. The molecule has 5 heteroatoms. The number of imidazole rings is 1. The van der Waals surface area contributed by atoms with E-state index in [4.69, 9.17) is 11.5 Å². The molecule has 0 unspecified atom stereocenters. The van der Waals surface area contributed by atoms with Gasteiger partial charge in [0.25, 0.3) is 0 Å². The zero-order valence-corrected chi connectivity index (χ0v) is 8.63. The van der Waals surface area contributed by atoms with E-state index in [1.165, 1.54) is 0 Å². The van der Waals surface area contributed by atoms with E-state index in [2.05, 4.69) is 4.98 Å². The Hall–Kier alpha value is -2.30. The molecule has 16 heavy (non-hydrogen) atoms. The molecule has 0 spiro atoms. The molecule has 0 bridgehead atoms. The smallest absolute Gasteiger partial charge is 0.248 e. The Morgan fingerprint density at radius 3 is 2.81 bits per heavy atom. The number of anilines is 1. The summed E-state index contributed by atoms with van der Waals surface area (Å²) in [4.78, 5) is 14.9. The van der Waals surface area contributed by atoms with E-state index in [-0.39, 0.29) is 0 Å². The van der Waals surface area contributed by atoms with Crippen molar-refractivity contribution in [1.82, 2.24) is 9.55 Å². The highest BCUT2D eigenvalue weighted by Crippen LogP contribution is 2.15. The number of carbonyl (C=O) groups is 1. The van der Waals surface area contributed by atoms with Gasteiger partial charge in [-0.1, -0.05) is 6.07 Å². The van der Waals surface area contributed by atoms with Crippen molar-refractivity contribution < 1.29 is 4.79 Å². The van der Waals surface area contributed by atoms with Crippen molar-refractivity contribution in [3.8, 4) is 0 Å². The molecule has 0 radical (unpaired) electrons. The minimum atomic E-state index is -0.471. The van der Waals surface area contributed by atoms with Crippen molar-refractivity contribution in [3.63, 3.8) is 0 Å². The predicted octanol–water partition coefficient (Wildman–Crippen LogP) is 0.612. The van der Waals surface area contributed by atoms with Crippen LogP contribution in [0.15, 0.2) is 36.9 Å². The van der Waals surface area contributed by atoms with Gasteiger partial charge < -0.3 is 16.0 Å². The van der Waals surface area contributed by atoms with Gasteiger partial charge in [-0.2, -0.15) is 0 Å². The number of benzene rings is 1. The van der Waals surface area contributed by atoms with Crippen LogP contribution in [0.4, 0.5) is 5.69 Å². The van der Waals surface area contributed by atoms with E-state index in [1.807, 2.05) is 10.8 Å². The molecule has 0 saturated carbocycles. The molecule has 1 amide bonds. The Labute approximate surface area is 92.7 Å². The molecule has 1 aromatic heterocycles. The van der Waals surface area contributed by atoms with Gasteiger partial charge >= 0.3 is 0 Å². The molecular formula is C11H12N4O. The summed E-state index contributed by atoms with van der Waals surface area (Å²) in [5, 5.41) is 0. The summed E-state index contributed by atoms with van der Waals surface area (Å²) in [6.45, 7) is 0.630. The van der Waals surface area contributed by atoms with Gasteiger partial charge in [0.15, 0.2) is 0 Å². The van der Waals surface area contributed by atoms with Crippen LogP contribution in [0, 0.1) is 0 Å². The zero-order valence-electron chi connectivity index (χ0n) is 8.63. The van der Waals surface area contributed by atoms with Crippen LogP contribution < -0.4 is 11.5 Å². The molecule has 82 valence electrons. The minimum absolute atomic E-state index is 0.423. The molecule has 0 aliphatic carbocycles. The van der Waals surface area contributed by atoms with Crippen LogP contribution in [0.1, 0.15) is 15.9 Å². The maximum Gasteiger partial charge on any atom is 0.248 e. The second kappa shape index (κ2) is 4.06. The van der Waals surface area contributed by atoms with E-state index >= 15 is 0 Å². The van der Waals surface area contributed by atoms with Gasteiger partial charge in [-0.15, -0.1) is 0 Å². The highest BCUT2D eigenvalue weighted by molar-refractivity contribution is 5.93. The summed E-state index contributed by atoms with van der Waals surface area (Å²) in [5.74, 6) is -0.471. The predicted molar refractivity (Wildman–Crippen MR) is 60.7 cm³/mol. The molecule has 0 fully saturated rings. The molecule has 2 rings (SSSR count). The minimum Gasteiger partial charge on any atom is -0.398 e. The summed E-state index contributed by atoms with van der Waals surface area (Å²) in [6.07, 6.45) is 5.26. The van der Waals surface area contributed by atoms with Crippen LogP contribution in [0.2, 0.25) is 0 Å². The Balaban J connectivity index is 2.26. The highest BCUT2D eigenvalue weighted by atomic mass is 16.1. The summed E-state index contributed by atoms with van der Waals surface area (Å²) < 4.78 is 1.90. The first-order chi connectivity index (χ1) is 7.66. The van der Waals surface area contributed by atoms with Crippen LogP contribution in [0.5, 0.6) is 0 Å². The van der Waals surface area contributed by atoms with Gasteiger partial charge in [0.2, 0.25) is 5.91 Å². The maximum absolute atomic E-state index is 10.9. The fraction of sp³-hybridized carbons (Fsp3) is 0.0909. The lowest BCUT2D eigenvalue weighted by Crippen LogP contribution is -2.12. The van der Waals surface area contributed by atoms with Gasteiger partial charge in [-0.25, -0.2) is 4.98 Å². The topological polar surface area (TPSA) is 86.9 Å². The lowest BCUT2D eigenvalue weighted by atomic mass is 10.1. The number of aromatic nitrogens is 2. The molecule has 0 atom stereocenters. The third kappa shape index (κ3) is 2.03. The van der Waals surface area contributed by atoms with Crippen molar-refractivity contribution in [2.75, 3.05) is 5.73 Å². The molecule has 1 heterocycles. The lowest BCUT2D eigenvalue weighted by molar-refractivity contribution is 0.100. The average molecular weight is 216 g/mol. The van der Waals surface area contributed by atoms with Crippen LogP contribution >= 0.6 is 0 Å². The summed E-state index contributed by atoms with van der Waals surface area (Å²) in [5.41, 5.74) is 12.9. The Morgan fingerprint density at radius 2 is 2.25 bits per heavy atom. The van der Waals surface area contributed by atoms with E-state index in [9.17, 15) is 4.79 Å². The van der Waals surface area contributed by atoms with Crippen molar-refractivity contribution in [2.45, 2.75) is 6.54 Å². The number of amides is 1. The molecular weight excluding hydrogens is 204 g/mol. The van der Waals surface area contributed by atoms with E-state index in [0.29, 0.717) is 17.8 Å². The number of hydrogen-bond donors (Lipinski definition) is 2. The van der Waals surface area contributed by atoms with Gasteiger partial charge in [-0.3, -0.25) is 4.79 Å². The summed E-state index contributed by atoms with van der Waals surface area (Å²) in [7, 11) is 0. The molecule has 0 aliphatic rings. The first-order valence-corrected chi connectivity index (χ1v) is 4.81. The normalized spacial score (nSPS) is 10.2. The van der Waals surface area contributed by atoms with E-state index in [1.54, 1.807) is 30.7 Å². The number of hydrogen-bond acceptors (Lipinski definition) is 3. The van der Waals surface area contributed by atoms with E-state index in [0.717, 1.165) is 5.56 Å². The van der Waals surface area contributed by atoms with Crippen LogP contribution in [0.3, 0.4) is 0 Å². The van der Waals surface area contributed by atoms with Crippen LogP contribution in [0.25, 0.3) is 0 Å². The highest BCUT2D eigenvalue weighted by Gasteiger charge is 2.05. The molecule has 2 aromatic rings. The fourth-order valence-corrected chi connectivity index (χ4v) is 1.47. The second-order valence-corrected chi connectivity index (χ2v) is 3.51. The number of rotatable bonds is 3. The van der Waals surface area contributed by atoms with Gasteiger partial charge in [-0.05, 0) is 17.7 Å². The first kappa shape index (κ1) is 10.2. The van der Waals surface area contributed by atoms with Crippen molar-refractivity contribution in [2.24, 2.45) is 5.73 Å². The van der Waals surface area contributed by atoms with Crippen LogP contribution in [-0.4, -0.2) is 15.5 Å². The number of carbonyl (C=O) groups excluding carboxylic acids is 1. The Morgan fingerprint density at radius 1 is 1.44 bits per heavy atom. The first-order valence-electron chi connectivity index (χ1n) is 4.81. The Kier molecular flexibility index (Phi) is 2.59. The maximum atomic E-state index is 10.9. The SMILES string of the molecule is NC(=O)c1ccc(Cn2ccnc2)c(N)c1. The fourth-order valence-electron chi connectivity index (χ4n) is 1.47. The lowest BCUT2D eigenvalue weighted by Gasteiger charge is -2.07. The molecule has 0 aliphatic heterocycles. The summed E-state index contributed by atoms with van der Waals surface area (Å²) in [6, 6.07) is 5.06. The van der Waals surface area contributed by atoms with Crippen molar-refractivity contribution in [1.29, 1.82) is 0 Å². The van der Waals surface area contributed by atoms with Crippen molar-refractivity contribution >= 4 is 11.6 Å². The van der Waals surface area contributed by atoms with E-state index < -0.39 is 5.91 Å². The van der Waals surface area contributed by atoms with Gasteiger partial charge in [0.05, 0.1) is 12.9 Å². The quantitative estimate of drug-likeness (QED) is 0.737. The average Bonchev–Trinajstić information content (AvgIpc) is 2.73. The molecule has 1 aromatic carbocycles. The third-order valence-electron chi connectivity index (χ3n) is 2.34. The standard InChI is InChI=1S/C11H12N4O/c12-10-5-8(11(13)16)1-2-9(10)6-15-4-3-14-7-15/h1-5,7H,6,12H2,(H2,13,16). The third-order valence-corrected chi connectivity index (χ3v) is 2.34. The second-order valence-electron chi connectivity index (χ2n) is 3.51. The number of nitrogens with zero attached hydrogens (tertiary/aromatic N) is 2. The largest absolute Gasteiger partial charge is 0.398 e.